The maximum atomic E-state index is 10.1. The van der Waals surface area contributed by atoms with Crippen molar-refractivity contribution in [2.75, 3.05) is 0 Å². The Morgan fingerprint density at radius 2 is 1.24 bits per heavy atom. The van der Waals surface area contributed by atoms with E-state index in [9.17, 15) is 15.3 Å². The molecule has 140 valence electrons. The number of hydrogen-bond acceptors (Lipinski definition) is 3. The van der Waals surface area contributed by atoms with Crippen molar-refractivity contribution in [3.63, 3.8) is 0 Å². The molecular weight excluding hydrogens is 348 g/mol. The van der Waals surface area contributed by atoms with Gasteiger partial charge in [0.25, 0.3) is 0 Å². The predicted octanol–water partition coefficient (Wildman–Crippen LogP) is 2.63. The van der Waals surface area contributed by atoms with Gasteiger partial charge in [0.05, 0.1) is 0 Å². The molecule has 0 fully saturated rings. The Labute approximate surface area is 170 Å². The van der Waals surface area contributed by atoms with Crippen molar-refractivity contribution >= 4 is 0 Å². The van der Waals surface area contributed by atoms with Gasteiger partial charge >= 0.3 is 21.7 Å². The van der Waals surface area contributed by atoms with Crippen molar-refractivity contribution in [2.45, 2.75) is 71.7 Å². The molecule has 3 atom stereocenters. The van der Waals surface area contributed by atoms with Gasteiger partial charge in [-0.05, 0) is 19.3 Å². The summed E-state index contributed by atoms with van der Waals surface area (Å²) in [6.45, 7) is 17.1. The van der Waals surface area contributed by atoms with E-state index in [0.29, 0.717) is 19.3 Å². The van der Waals surface area contributed by atoms with Crippen molar-refractivity contribution in [1.29, 1.82) is 0 Å². The molecule has 1 aliphatic rings. The van der Waals surface area contributed by atoms with Gasteiger partial charge in [0, 0.05) is 0 Å². The van der Waals surface area contributed by atoms with Crippen LogP contribution in [0.25, 0.3) is 0 Å². The van der Waals surface area contributed by atoms with Gasteiger partial charge in [-0.1, -0.05) is 45.9 Å². The maximum Gasteiger partial charge on any atom is 4.00 e. The first-order valence-electron chi connectivity index (χ1n) is 8.25. The Bertz CT molecular complexity index is 320. The molecule has 1 rings (SSSR count). The molecule has 0 aliphatic heterocycles. The minimum Gasteiger partial charge on any atom is -0.852 e. The van der Waals surface area contributed by atoms with Crippen LogP contribution in [-0.2, 0) is 21.7 Å². The van der Waals surface area contributed by atoms with Crippen LogP contribution in [-0.4, -0.2) is 18.3 Å². The van der Waals surface area contributed by atoms with E-state index in [0.717, 1.165) is 6.42 Å². The fourth-order valence-electron chi connectivity index (χ4n) is 1.22. The van der Waals surface area contributed by atoms with Gasteiger partial charge in [0.1, 0.15) is 0 Å². The summed E-state index contributed by atoms with van der Waals surface area (Å²) in [5, 5.41) is 30.2. The summed E-state index contributed by atoms with van der Waals surface area (Å²) in [5.74, 6) is 0. The Hall–Kier alpha value is -0.706. The van der Waals surface area contributed by atoms with Gasteiger partial charge in [-0.2, -0.15) is 6.08 Å². The fourth-order valence-corrected chi connectivity index (χ4v) is 1.22. The van der Waals surface area contributed by atoms with E-state index in [4.69, 9.17) is 0 Å². The Morgan fingerprint density at radius 1 is 0.920 bits per heavy atom. The summed E-state index contributed by atoms with van der Waals surface area (Å²) >= 11 is 0. The third-order valence-corrected chi connectivity index (χ3v) is 2.36. The summed E-state index contributed by atoms with van der Waals surface area (Å²) in [7, 11) is 0. The van der Waals surface area contributed by atoms with Crippen molar-refractivity contribution in [3.8, 4) is 0 Å². The Kier molecular flexibility index (Phi) is 32.7. The van der Waals surface area contributed by atoms with E-state index in [2.05, 4.69) is 44.9 Å². The summed E-state index contributed by atoms with van der Waals surface area (Å²) in [6, 6.07) is 0. The van der Waals surface area contributed by atoms with E-state index in [1.54, 1.807) is 39.0 Å². The predicted molar refractivity (Wildman–Crippen MR) is 99.0 cm³/mol. The molecule has 0 heterocycles. The monoisotopic (exact) mass is 382 g/mol. The summed E-state index contributed by atoms with van der Waals surface area (Å²) in [4.78, 5) is 0. The van der Waals surface area contributed by atoms with Gasteiger partial charge in [-0.15, -0.1) is 44.5 Å². The summed E-state index contributed by atoms with van der Waals surface area (Å²) < 4.78 is 0. The fraction of sp³-hybridized carbons (Fsp3) is 0.524. The SMILES string of the molecule is C=CCC(C)[O-].C=CCC(C)[O-].C=CCC(C)[O-].CC1=[C-]CC=C1.[Ti+4]. The molecule has 0 aromatic heterocycles. The van der Waals surface area contributed by atoms with Gasteiger partial charge < -0.3 is 15.3 Å². The maximum absolute atomic E-state index is 10.1. The standard InChI is InChI=1S/C6H7.3C5H9O.Ti/c1-6-4-2-3-5-6;3*1-3-4-5(2)6;/h2,4H,3H2,1H3;3*3,5H,1,4H2,2H3;/q4*-1;+4. The Morgan fingerprint density at radius 3 is 1.28 bits per heavy atom. The van der Waals surface area contributed by atoms with E-state index in [1.807, 2.05) is 0 Å². The molecule has 3 unspecified atom stereocenters. The molecule has 3 nitrogen and oxygen atoms in total. The van der Waals surface area contributed by atoms with E-state index < -0.39 is 18.3 Å². The zero-order valence-electron chi connectivity index (χ0n) is 16.3. The normalized spacial score (nSPS) is 14.3. The molecule has 0 saturated heterocycles. The molecule has 1 aliphatic carbocycles. The molecule has 0 aromatic rings. The molecular formula is C21H34O3Ti. The van der Waals surface area contributed by atoms with Crippen LogP contribution < -0.4 is 15.3 Å². The van der Waals surface area contributed by atoms with Crippen molar-refractivity contribution in [1.82, 2.24) is 0 Å². The minimum absolute atomic E-state index is 0. The minimum atomic E-state index is -0.470. The van der Waals surface area contributed by atoms with Crippen LogP contribution in [0.15, 0.2) is 55.7 Å². The van der Waals surface area contributed by atoms with Crippen molar-refractivity contribution in [3.05, 3.63) is 61.8 Å². The van der Waals surface area contributed by atoms with E-state index in [1.165, 1.54) is 5.57 Å². The molecule has 0 N–H and O–H groups in total. The molecule has 4 heteroatoms. The van der Waals surface area contributed by atoms with Crippen LogP contribution in [0.5, 0.6) is 0 Å². The van der Waals surface area contributed by atoms with E-state index >= 15 is 0 Å². The average molecular weight is 382 g/mol. The zero-order valence-corrected chi connectivity index (χ0v) is 17.9. The summed E-state index contributed by atoms with van der Waals surface area (Å²) in [6.07, 6.45) is 13.6. The van der Waals surface area contributed by atoms with Crippen molar-refractivity contribution in [2.24, 2.45) is 0 Å². The van der Waals surface area contributed by atoms with Crippen LogP contribution in [0.4, 0.5) is 0 Å². The zero-order chi connectivity index (χ0) is 19.4. The van der Waals surface area contributed by atoms with Crippen LogP contribution >= 0.6 is 0 Å². The van der Waals surface area contributed by atoms with Crippen LogP contribution in [0.2, 0.25) is 0 Å². The van der Waals surface area contributed by atoms with Gasteiger partial charge in [-0.25, -0.2) is 11.6 Å². The third-order valence-electron chi connectivity index (χ3n) is 2.36. The van der Waals surface area contributed by atoms with Gasteiger partial charge in [0.2, 0.25) is 0 Å². The topological polar surface area (TPSA) is 69.2 Å². The van der Waals surface area contributed by atoms with Crippen LogP contribution in [0, 0.1) is 6.08 Å². The third kappa shape index (κ3) is 45.2. The van der Waals surface area contributed by atoms with E-state index in [-0.39, 0.29) is 21.7 Å². The first kappa shape index (κ1) is 32.0. The van der Waals surface area contributed by atoms with Crippen LogP contribution in [0.1, 0.15) is 53.4 Å². The average Bonchev–Trinajstić information content (AvgIpc) is 2.91. The molecule has 0 spiro atoms. The summed E-state index contributed by atoms with van der Waals surface area (Å²) in [5.41, 5.74) is 1.27. The van der Waals surface area contributed by atoms with Crippen molar-refractivity contribution < 1.29 is 37.0 Å². The second-order valence-electron chi connectivity index (χ2n) is 5.47. The quantitative estimate of drug-likeness (QED) is 0.403. The molecule has 25 heavy (non-hydrogen) atoms. The smallest absolute Gasteiger partial charge is 0.852 e. The van der Waals surface area contributed by atoms with Gasteiger partial charge in [-0.3, -0.25) is 6.08 Å². The molecule has 0 bridgehead atoms. The first-order valence-corrected chi connectivity index (χ1v) is 8.25. The molecule has 0 aromatic carbocycles. The number of rotatable bonds is 6. The second kappa shape index (κ2) is 25.5. The first-order chi connectivity index (χ1) is 11.2. The van der Waals surface area contributed by atoms with Gasteiger partial charge in [0.15, 0.2) is 0 Å². The number of allylic oxidation sites excluding steroid dienone is 4. The number of hydrogen-bond donors (Lipinski definition) is 0. The van der Waals surface area contributed by atoms with Crippen LogP contribution in [0.3, 0.4) is 0 Å². The Balaban J connectivity index is -0.000000116. The molecule has 0 amide bonds. The molecule has 0 radical (unpaired) electrons. The second-order valence-corrected chi connectivity index (χ2v) is 5.47. The molecule has 0 saturated carbocycles. The largest absolute Gasteiger partial charge is 4.00 e.